The second-order valence-electron chi connectivity index (χ2n) is 11.5. The van der Waals surface area contributed by atoms with E-state index in [4.69, 9.17) is 9.47 Å². The Morgan fingerprint density at radius 1 is 0.684 bits per heavy atom. The van der Waals surface area contributed by atoms with Crippen molar-refractivity contribution < 1.29 is 28.7 Å². The minimum atomic E-state index is -0.413. The first-order valence-electron chi connectivity index (χ1n) is 13.2. The van der Waals surface area contributed by atoms with Crippen LogP contribution < -0.4 is 10.6 Å². The van der Waals surface area contributed by atoms with Crippen LogP contribution in [0.15, 0.2) is 48.5 Å². The van der Waals surface area contributed by atoms with E-state index in [9.17, 15) is 19.2 Å². The SMILES string of the molecule is COC(=O)c1ccc(NC(=O)CC23CC4CC(C2)CC(CC(=O)Nc2ccc(C(=O)OC)cc2)(C4)C3)cc1. The molecule has 4 fully saturated rings. The Labute approximate surface area is 222 Å². The van der Waals surface area contributed by atoms with Gasteiger partial charge in [-0.15, -0.1) is 0 Å². The van der Waals surface area contributed by atoms with Gasteiger partial charge in [-0.05, 0) is 110 Å². The maximum absolute atomic E-state index is 13.1. The Hall–Kier alpha value is -3.68. The molecule has 0 unspecified atom stereocenters. The molecule has 38 heavy (non-hydrogen) atoms. The number of amides is 2. The fourth-order valence-electron chi connectivity index (χ4n) is 7.77. The number of ether oxygens (including phenoxy) is 2. The lowest BCUT2D eigenvalue weighted by Gasteiger charge is -2.62. The van der Waals surface area contributed by atoms with E-state index in [2.05, 4.69) is 10.6 Å². The van der Waals surface area contributed by atoms with Crippen LogP contribution >= 0.6 is 0 Å². The molecule has 0 radical (unpaired) electrons. The lowest BCUT2D eigenvalue weighted by atomic mass is 9.43. The van der Waals surface area contributed by atoms with Crippen molar-refractivity contribution in [3.63, 3.8) is 0 Å². The lowest BCUT2D eigenvalue weighted by Crippen LogP contribution is -2.53. The molecule has 0 heterocycles. The van der Waals surface area contributed by atoms with Crippen LogP contribution in [0.1, 0.15) is 72.1 Å². The van der Waals surface area contributed by atoms with Gasteiger partial charge in [0.25, 0.3) is 0 Å². The third-order valence-electron chi connectivity index (χ3n) is 8.55. The van der Waals surface area contributed by atoms with Crippen molar-refractivity contribution >= 4 is 35.1 Å². The van der Waals surface area contributed by atoms with Crippen molar-refractivity contribution in [1.82, 2.24) is 0 Å². The number of methoxy groups -OCH3 is 2. The molecule has 2 N–H and O–H groups in total. The topological polar surface area (TPSA) is 111 Å². The monoisotopic (exact) mass is 518 g/mol. The predicted molar refractivity (Wildman–Crippen MR) is 142 cm³/mol. The van der Waals surface area contributed by atoms with Crippen LogP contribution in [0.3, 0.4) is 0 Å². The summed E-state index contributed by atoms with van der Waals surface area (Å²) in [5.74, 6) is 0.227. The molecule has 4 bridgehead atoms. The molecule has 4 saturated carbocycles. The Morgan fingerprint density at radius 2 is 1.05 bits per heavy atom. The van der Waals surface area contributed by atoms with Gasteiger partial charge in [0.1, 0.15) is 0 Å². The van der Waals surface area contributed by atoms with Gasteiger partial charge in [-0.3, -0.25) is 9.59 Å². The smallest absolute Gasteiger partial charge is 0.337 e. The van der Waals surface area contributed by atoms with E-state index in [0.717, 1.165) is 32.1 Å². The van der Waals surface area contributed by atoms with E-state index >= 15 is 0 Å². The van der Waals surface area contributed by atoms with Crippen LogP contribution in [0.4, 0.5) is 11.4 Å². The van der Waals surface area contributed by atoms with Crippen LogP contribution in [0.2, 0.25) is 0 Å². The van der Waals surface area contributed by atoms with E-state index < -0.39 is 11.9 Å². The van der Waals surface area contributed by atoms with Crippen LogP contribution in [0.5, 0.6) is 0 Å². The van der Waals surface area contributed by atoms with E-state index in [1.165, 1.54) is 20.6 Å². The van der Waals surface area contributed by atoms with Crippen molar-refractivity contribution in [2.45, 2.75) is 51.4 Å². The van der Waals surface area contributed by atoms with Gasteiger partial charge in [0.2, 0.25) is 11.8 Å². The third-order valence-corrected chi connectivity index (χ3v) is 8.55. The van der Waals surface area contributed by atoms with Crippen LogP contribution in [-0.2, 0) is 19.1 Å². The molecule has 0 spiro atoms. The third kappa shape index (κ3) is 5.44. The normalized spacial score (nSPS) is 26.9. The zero-order valence-corrected chi connectivity index (χ0v) is 21.9. The Balaban J connectivity index is 1.22. The fraction of sp³-hybridized carbons (Fsp3) is 0.467. The summed E-state index contributed by atoms with van der Waals surface area (Å²) >= 11 is 0. The largest absolute Gasteiger partial charge is 0.465 e. The first-order valence-corrected chi connectivity index (χ1v) is 13.2. The van der Waals surface area contributed by atoms with Crippen molar-refractivity contribution in [3.05, 3.63) is 59.7 Å². The highest BCUT2D eigenvalue weighted by molar-refractivity contribution is 5.94. The molecule has 0 aliphatic heterocycles. The summed E-state index contributed by atoms with van der Waals surface area (Å²) in [6.07, 6.45) is 7.11. The fourth-order valence-corrected chi connectivity index (χ4v) is 7.77. The quantitative estimate of drug-likeness (QED) is 0.465. The minimum Gasteiger partial charge on any atom is -0.465 e. The highest BCUT2D eigenvalue weighted by Crippen LogP contribution is 2.67. The number of carbonyl (C=O) groups is 4. The summed E-state index contributed by atoms with van der Waals surface area (Å²) in [6.45, 7) is 0. The number of hydrogen-bond acceptors (Lipinski definition) is 6. The van der Waals surface area contributed by atoms with E-state index in [0.29, 0.717) is 47.2 Å². The first kappa shape index (κ1) is 25.9. The number of anilines is 2. The molecule has 0 saturated heterocycles. The van der Waals surface area contributed by atoms with Crippen molar-refractivity contribution in [1.29, 1.82) is 0 Å². The molecule has 2 aromatic rings. The molecule has 8 nitrogen and oxygen atoms in total. The van der Waals surface area contributed by atoms with Gasteiger partial charge in [0.05, 0.1) is 25.3 Å². The number of hydrogen-bond donors (Lipinski definition) is 2. The van der Waals surface area contributed by atoms with Crippen LogP contribution in [0.25, 0.3) is 0 Å². The number of nitrogens with one attached hydrogen (secondary N) is 2. The highest BCUT2D eigenvalue weighted by atomic mass is 16.5. The summed E-state index contributed by atoms with van der Waals surface area (Å²) in [6, 6.07) is 13.4. The second kappa shape index (κ2) is 10.2. The van der Waals surface area contributed by atoms with Gasteiger partial charge < -0.3 is 20.1 Å². The lowest BCUT2D eigenvalue weighted by molar-refractivity contribution is -0.142. The number of carbonyl (C=O) groups excluding carboxylic acids is 4. The Morgan fingerprint density at radius 3 is 1.39 bits per heavy atom. The molecule has 200 valence electrons. The number of rotatable bonds is 8. The molecule has 4 aliphatic carbocycles. The van der Waals surface area contributed by atoms with Gasteiger partial charge in [-0.25, -0.2) is 9.59 Å². The minimum absolute atomic E-state index is 0.0249. The van der Waals surface area contributed by atoms with Gasteiger partial charge in [0.15, 0.2) is 0 Å². The van der Waals surface area contributed by atoms with Crippen LogP contribution in [0, 0.1) is 22.7 Å². The van der Waals surface area contributed by atoms with Crippen LogP contribution in [-0.4, -0.2) is 38.0 Å². The standard InChI is InChI=1S/C30H34N2O6/c1-37-27(35)21-3-7-23(8-4-21)31-25(33)16-29-12-19-11-20(13-29)15-30(14-19,18-29)17-26(34)32-24-9-5-22(6-10-24)28(36)38-2/h3-10,19-20H,11-18H2,1-2H3,(H,31,33)(H,32,34). The summed E-state index contributed by atoms with van der Waals surface area (Å²) < 4.78 is 9.46. The molecule has 8 heteroatoms. The van der Waals surface area contributed by atoms with Gasteiger partial charge in [-0.2, -0.15) is 0 Å². The van der Waals surface area contributed by atoms with E-state index in [-0.39, 0.29) is 22.6 Å². The van der Waals surface area contributed by atoms with Crippen molar-refractivity contribution in [3.8, 4) is 0 Å². The maximum atomic E-state index is 13.1. The van der Waals surface area contributed by atoms with E-state index in [1.54, 1.807) is 48.5 Å². The highest BCUT2D eigenvalue weighted by Gasteiger charge is 2.58. The zero-order valence-electron chi connectivity index (χ0n) is 21.9. The molecule has 4 aliphatic rings. The summed E-state index contributed by atoms with van der Waals surface area (Å²) in [4.78, 5) is 49.6. The Bertz CT molecular complexity index is 1130. The molecule has 2 aromatic carbocycles. The summed E-state index contributed by atoms with van der Waals surface area (Å²) in [5.41, 5.74) is 2.02. The van der Waals surface area contributed by atoms with Gasteiger partial charge >= 0.3 is 11.9 Å². The average Bonchev–Trinajstić information content (AvgIpc) is 2.87. The molecule has 0 atom stereocenters. The Kier molecular flexibility index (Phi) is 6.99. The molecule has 2 amide bonds. The van der Waals surface area contributed by atoms with Gasteiger partial charge in [0, 0.05) is 24.2 Å². The molecule has 6 rings (SSSR count). The van der Waals surface area contributed by atoms with E-state index in [1.807, 2.05) is 0 Å². The molecular weight excluding hydrogens is 484 g/mol. The van der Waals surface area contributed by atoms with Crippen molar-refractivity contribution in [2.24, 2.45) is 22.7 Å². The number of benzene rings is 2. The number of esters is 2. The summed E-state index contributed by atoms with van der Waals surface area (Å²) in [7, 11) is 2.67. The molecule has 0 aromatic heterocycles. The maximum Gasteiger partial charge on any atom is 0.337 e. The molecular formula is C30H34N2O6. The van der Waals surface area contributed by atoms with Crippen molar-refractivity contribution in [2.75, 3.05) is 24.9 Å². The second-order valence-corrected chi connectivity index (χ2v) is 11.5. The first-order chi connectivity index (χ1) is 18.2. The summed E-state index contributed by atoms with van der Waals surface area (Å²) in [5, 5.41) is 6.00. The predicted octanol–water partition coefficient (Wildman–Crippen LogP) is 5.20. The average molecular weight is 519 g/mol. The zero-order chi connectivity index (χ0) is 26.9. The van der Waals surface area contributed by atoms with Gasteiger partial charge in [-0.1, -0.05) is 0 Å².